The number of likely N-dealkylation sites (tertiary alicyclic amines) is 1. The van der Waals surface area contributed by atoms with E-state index in [0.29, 0.717) is 12.2 Å². The Morgan fingerprint density at radius 2 is 1.82 bits per heavy atom. The Morgan fingerprint density at radius 3 is 2.45 bits per heavy atom. The second-order valence-electron chi connectivity index (χ2n) is 6.67. The lowest BCUT2D eigenvalue weighted by Gasteiger charge is -2.48. The van der Waals surface area contributed by atoms with Crippen molar-refractivity contribution < 1.29 is 4.79 Å². The molecule has 6 nitrogen and oxygen atoms in total. The van der Waals surface area contributed by atoms with E-state index in [1.54, 1.807) is 0 Å². The Labute approximate surface area is 130 Å². The van der Waals surface area contributed by atoms with Crippen molar-refractivity contribution in [1.29, 1.82) is 0 Å². The van der Waals surface area contributed by atoms with Crippen LogP contribution in [0.4, 0.5) is 0 Å². The maximum Gasteiger partial charge on any atom is 0.323 e. The minimum Gasteiger partial charge on any atom is -0.349 e. The molecule has 1 aliphatic carbocycles. The standard InChI is InChI=1S/C16H26N4O2/c21-14(13-11-17-15(22)19-13)18-12-16(7-3-1-4-8-16)20-9-5-2-6-10-20/h11H,1-10,12H2,(H,18,21)(H2,17,19,22). The van der Waals surface area contributed by atoms with E-state index in [2.05, 4.69) is 20.2 Å². The number of piperidine rings is 1. The number of amides is 1. The first kappa shape index (κ1) is 15.3. The number of carbonyl (C=O) groups excluding carboxylic acids is 1. The van der Waals surface area contributed by atoms with Crippen molar-refractivity contribution in [2.45, 2.75) is 56.9 Å². The lowest BCUT2D eigenvalue weighted by molar-refractivity contribution is 0.0326. The molecule has 3 rings (SSSR count). The fraction of sp³-hybridized carbons (Fsp3) is 0.750. The molecule has 0 atom stereocenters. The SMILES string of the molecule is O=C(NCC1(N2CCCCC2)CCCCC1)c1c[nH]c(=O)[nH]1. The highest BCUT2D eigenvalue weighted by Crippen LogP contribution is 2.35. The van der Waals surface area contributed by atoms with E-state index in [4.69, 9.17) is 0 Å². The van der Waals surface area contributed by atoms with Crippen LogP contribution >= 0.6 is 0 Å². The molecule has 22 heavy (non-hydrogen) atoms. The largest absolute Gasteiger partial charge is 0.349 e. The van der Waals surface area contributed by atoms with Crippen molar-refractivity contribution >= 4 is 5.91 Å². The maximum atomic E-state index is 12.2. The fourth-order valence-electron chi connectivity index (χ4n) is 3.98. The van der Waals surface area contributed by atoms with Crippen LogP contribution in [0.1, 0.15) is 61.9 Å². The van der Waals surface area contributed by atoms with E-state index < -0.39 is 0 Å². The molecule has 2 fully saturated rings. The van der Waals surface area contributed by atoms with E-state index >= 15 is 0 Å². The van der Waals surface area contributed by atoms with Gasteiger partial charge in [0, 0.05) is 18.3 Å². The summed E-state index contributed by atoms with van der Waals surface area (Å²) in [5, 5.41) is 3.05. The molecule has 2 aliphatic rings. The van der Waals surface area contributed by atoms with Crippen molar-refractivity contribution in [3.05, 3.63) is 22.4 Å². The van der Waals surface area contributed by atoms with E-state index in [0.717, 1.165) is 25.9 Å². The molecule has 1 aromatic heterocycles. The Bertz CT molecular complexity index is 550. The van der Waals surface area contributed by atoms with Gasteiger partial charge >= 0.3 is 5.69 Å². The van der Waals surface area contributed by atoms with Crippen LogP contribution in [0, 0.1) is 0 Å². The Balaban J connectivity index is 1.67. The molecule has 0 spiro atoms. The van der Waals surface area contributed by atoms with Gasteiger partial charge in [0.15, 0.2) is 0 Å². The van der Waals surface area contributed by atoms with Gasteiger partial charge in [-0.15, -0.1) is 0 Å². The van der Waals surface area contributed by atoms with Crippen LogP contribution in [0.15, 0.2) is 11.0 Å². The molecule has 2 heterocycles. The molecule has 0 bridgehead atoms. The third kappa shape index (κ3) is 3.27. The molecule has 1 saturated carbocycles. The van der Waals surface area contributed by atoms with Crippen molar-refractivity contribution in [1.82, 2.24) is 20.2 Å². The van der Waals surface area contributed by atoms with Gasteiger partial charge in [-0.2, -0.15) is 0 Å². The molecule has 1 aliphatic heterocycles. The smallest absolute Gasteiger partial charge is 0.323 e. The van der Waals surface area contributed by atoms with Gasteiger partial charge in [-0.25, -0.2) is 4.79 Å². The minimum absolute atomic E-state index is 0.116. The van der Waals surface area contributed by atoms with Crippen molar-refractivity contribution in [2.75, 3.05) is 19.6 Å². The van der Waals surface area contributed by atoms with Crippen LogP contribution in [0.5, 0.6) is 0 Å². The monoisotopic (exact) mass is 306 g/mol. The Hall–Kier alpha value is -1.56. The van der Waals surface area contributed by atoms with E-state index in [9.17, 15) is 9.59 Å². The summed E-state index contributed by atoms with van der Waals surface area (Å²) in [6, 6.07) is 0. The third-order valence-corrected chi connectivity index (χ3v) is 5.23. The Morgan fingerprint density at radius 1 is 1.14 bits per heavy atom. The zero-order valence-corrected chi connectivity index (χ0v) is 13.1. The van der Waals surface area contributed by atoms with Gasteiger partial charge in [-0.05, 0) is 38.8 Å². The Kier molecular flexibility index (Phi) is 4.66. The second-order valence-corrected chi connectivity index (χ2v) is 6.67. The van der Waals surface area contributed by atoms with Gasteiger partial charge in [-0.1, -0.05) is 25.7 Å². The highest BCUT2D eigenvalue weighted by atomic mass is 16.2. The first-order valence-electron chi connectivity index (χ1n) is 8.51. The summed E-state index contributed by atoms with van der Waals surface area (Å²) in [5.74, 6) is -0.194. The van der Waals surface area contributed by atoms with Gasteiger partial charge < -0.3 is 15.3 Å². The number of rotatable bonds is 4. The van der Waals surface area contributed by atoms with Crippen molar-refractivity contribution in [3.63, 3.8) is 0 Å². The zero-order chi connectivity index (χ0) is 15.4. The third-order valence-electron chi connectivity index (χ3n) is 5.23. The molecular formula is C16H26N4O2. The number of H-pyrrole nitrogens is 2. The van der Waals surface area contributed by atoms with Crippen molar-refractivity contribution in [3.8, 4) is 0 Å². The summed E-state index contributed by atoms with van der Waals surface area (Å²) in [6.45, 7) is 2.98. The van der Waals surface area contributed by atoms with Crippen LogP contribution in [-0.2, 0) is 0 Å². The molecule has 122 valence electrons. The number of imidazole rings is 1. The van der Waals surface area contributed by atoms with Crippen LogP contribution in [0.3, 0.4) is 0 Å². The second kappa shape index (κ2) is 6.69. The molecule has 3 N–H and O–H groups in total. The van der Waals surface area contributed by atoms with Gasteiger partial charge in [0.2, 0.25) is 0 Å². The van der Waals surface area contributed by atoms with Gasteiger partial charge in [0.1, 0.15) is 5.69 Å². The average Bonchev–Trinajstić information content (AvgIpc) is 3.01. The van der Waals surface area contributed by atoms with Gasteiger partial charge in [0.25, 0.3) is 5.91 Å². The summed E-state index contributed by atoms with van der Waals surface area (Å²) >= 11 is 0. The molecule has 6 heteroatoms. The van der Waals surface area contributed by atoms with Gasteiger partial charge in [0.05, 0.1) is 0 Å². The number of nitrogens with zero attached hydrogens (tertiary/aromatic N) is 1. The zero-order valence-electron chi connectivity index (χ0n) is 13.1. The number of aromatic amines is 2. The predicted octanol–water partition coefficient (Wildman–Crippen LogP) is 1.62. The maximum absolute atomic E-state index is 12.2. The first-order valence-corrected chi connectivity index (χ1v) is 8.51. The minimum atomic E-state index is -0.339. The highest BCUT2D eigenvalue weighted by molar-refractivity contribution is 5.91. The average molecular weight is 306 g/mol. The molecule has 1 saturated heterocycles. The normalized spacial score (nSPS) is 22.4. The van der Waals surface area contributed by atoms with E-state index in [1.807, 2.05) is 0 Å². The molecule has 1 amide bonds. The molecule has 1 aromatic rings. The molecular weight excluding hydrogens is 280 g/mol. The number of carbonyl (C=O) groups is 1. The summed E-state index contributed by atoms with van der Waals surface area (Å²) in [5.41, 5.74) is 0.0912. The fourth-order valence-corrected chi connectivity index (χ4v) is 3.98. The summed E-state index contributed by atoms with van der Waals surface area (Å²) in [4.78, 5) is 30.9. The highest BCUT2D eigenvalue weighted by Gasteiger charge is 2.38. The lowest BCUT2D eigenvalue weighted by Crippen LogP contribution is -2.58. The molecule has 0 unspecified atom stereocenters. The topological polar surface area (TPSA) is 81.0 Å². The quantitative estimate of drug-likeness (QED) is 0.790. The lowest BCUT2D eigenvalue weighted by atomic mass is 9.79. The van der Waals surface area contributed by atoms with E-state index in [1.165, 1.54) is 44.7 Å². The number of hydrogen-bond donors (Lipinski definition) is 3. The first-order chi connectivity index (χ1) is 10.7. The number of aromatic nitrogens is 2. The summed E-state index contributed by atoms with van der Waals surface area (Å²) in [6.07, 6.45) is 11.4. The van der Waals surface area contributed by atoms with E-state index in [-0.39, 0.29) is 17.1 Å². The molecule has 0 radical (unpaired) electrons. The number of nitrogens with one attached hydrogen (secondary N) is 3. The van der Waals surface area contributed by atoms with Crippen molar-refractivity contribution in [2.24, 2.45) is 0 Å². The number of hydrogen-bond acceptors (Lipinski definition) is 3. The summed E-state index contributed by atoms with van der Waals surface area (Å²) < 4.78 is 0. The van der Waals surface area contributed by atoms with Crippen LogP contribution in [0.2, 0.25) is 0 Å². The van der Waals surface area contributed by atoms with Crippen LogP contribution < -0.4 is 11.0 Å². The summed E-state index contributed by atoms with van der Waals surface area (Å²) in [7, 11) is 0. The predicted molar refractivity (Wildman–Crippen MR) is 85.0 cm³/mol. The van der Waals surface area contributed by atoms with Crippen LogP contribution in [-0.4, -0.2) is 45.9 Å². The van der Waals surface area contributed by atoms with Gasteiger partial charge in [-0.3, -0.25) is 9.69 Å². The van der Waals surface area contributed by atoms with Crippen LogP contribution in [0.25, 0.3) is 0 Å². The molecule has 0 aromatic carbocycles.